The van der Waals surface area contributed by atoms with Crippen LogP contribution in [0.15, 0.2) is 67.1 Å². The van der Waals surface area contributed by atoms with Crippen LogP contribution < -0.4 is 10.6 Å². The van der Waals surface area contributed by atoms with Crippen LogP contribution in [0.4, 0.5) is 5.82 Å². The molecule has 7 nitrogen and oxygen atoms in total. The number of hydrogen-bond acceptors (Lipinski definition) is 6. The largest absolute Gasteiger partial charge is 0.347 e. The van der Waals surface area contributed by atoms with E-state index < -0.39 is 0 Å². The Morgan fingerprint density at radius 1 is 0.966 bits per heavy atom. The minimum atomic E-state index is -0.365. The zero-order chi connectivity index (χ0) is 20.1. The number of amides is 2. The summed E-state index contributed by atoms with van der Waals surface area (Å²) in [6.45, 7) is -0.140. The second kappa shape index (κ2) is 8.57. The summed E-state index contributed by atoms with van der Waals surface area (Å²) >= 11 is 1.48. The summed E-state index contributed by atoms with van der Waals surface area (Å²) in [4.78, 5) is 36.4. The Morgan fingerprint density at radius 2 is 1.83 bits per heavy atom. The van der Waals surface area contributed by atoms with Gasteiger partial charge >= 0.3 is 0 Å². The maximum Gasteiger partial charge on any atom is 0.244 e. The summed E-state index contributed by atoms with van der Waals surface area (Å²) < 4.78 is 1.02. The molecule has 0 radical (unpaired) electrons. The second-order valence-corrected chi connectivity index (χ2v) is 7.36. The number of anilines is 1. The van der Waals surface area contributed by atoms with Crippen LogP contribution in [0.1, 0.15) is 5.01 Å². The van der Waals surface area contributed by atoms with Crippen LogP contribution in [0.3, 0.4) is 0 Å². The molecule has 0 unspecified atom stereocenters. The molecule has 2 heterocycles. The molecule has 144 valence electrons. The highest BCUT2D eigenvalue weighted by Gasteiger charge is 2.11. The van der Waals surface area contributed by atoms with Crippen molar-refractivity contribution in [1.82, 2.24) is 20.3 Å². The van der Waals surface area contributed by atoms with Gasteiger partial charge in [0.15, 0.2) is 5.82 Å². The summed E-state index contributed by atoms with van der Waals surface area (Å²) in [6, 6.07) is 16.2. The van der Waals surface area contributed by atoms with E-state index in [4.69, 9.17) is 0 Å². The first-order chi connectivity index (χ1) is 14.2. The number of thiazole rings is 1. The van der Waals surface area contributed by atoms with Crippen LogP contribution in [0.5, 0.6) is 0 Å². The molecule has 0 aliphatic rings. The van der Waals surface area contributed by atoms with Gasteiger partial charge in [-0.3, -0.25) is 14.6 Å². The Bertz CT molecular complexity index is 1150. The first-order valence-electron chi connectivity index (χ1n) is 8.95. The van der Waals surface area contributed by atoms with Crippen molar-refractivity contribution < 1.29 is 9.59 Å². The van der Waals surface area contributed by atoms with Gasteiger partial charge in [-0.05, 0) is 23.3 Å². The zero-order valence-electron chi connectivity index (χ0n) is 15.3. The molecular formula is C21H17N5O2S. The van der Waals surface area contributed by atoms with E-state index in [1.54, 1.807) is 0 Å². The number of carbonyl (C=O) groups is 2. The molecule has 2 aromatic heterocycles. The number of nitrogens with one attached hydrogen (secondary N) is 2. The van der Waals surface area contributed by atoms with E-state index in [0.717, 1.165) is 21.3 Å². The fourth-order valence-electron chi connectivity index (χ4n) is 2.79. The summed E-state index contributed by atoms with van der Waals surface area (Å²) in [5, 5.41) is 5.87. The Balaban J connectivity index is 1.36. The molecule has 29 heavy (non-hydrogen) atoms. The van der Waals surface area contributed by atoms with Crippen molar-refractivity contribution in [3.63, 3.8) is 0 Å². The van der Waals surface area contributed by atoms with Gasteiger partial charge in [0.05, 0.1) is 29.4 Å². The molecule has 8 heteroatoms. The van der Waals surface area contributed by atoms with Crippen LogP contribution in [0, 0.1) is 0 Å². The number of hydrogen-bond donors (Lipinski definition) is 2. The van der Waals surface area contributed by atoms with Crippen molar-refractivity contribution in [3.8, 4) is 11.1 Å². The molecular weight excluding hydrogens is 386 g/mol. The first-order valence-corrected chi connectivity index (χ1v) is 9.76. The summed E-state index contributed by atoms with van der Waals surface area (Å²) in [7, 11) is 0. The van der Waals surface area contributed by atoms with Crippen LogP contribution in [0.2, 0.25) is 0 Å². The van der Waals surface area contributed by atoms with Crippen LogP contribution in [-0.4, -0.2) is 33.3 Å². The third-order valence-electron chi connectivity index (χ3n) is 4.13. The lowest BCUT2D eigenvalue weighted by Crippen LogP contribution is -2.33. The van der Waals surface area contributed by atoms with Crippen molar-refractivity contribution in [2.75, 3.05) is 11.9 Å². The highest BCUT2D eigenvalue weighted by atomic mass is 32.1. The van der Waals surface area contributed by atoms with E-state index in [1.807, 2.05) is 30.3 Å². The summed E-state index contributed by atoms with van der Waals surface area (Å²) in [5.74, 6) is -0.288. The standard InChI is InChI=1S/C21H17N5O2S/c27-19(24-13-20(28)26-18-12-22-8-9-23-18)11-21-25-16-7-6-15(10-17(16)29-21)14-4-2-1-3-5-14/h1-10,12H,11,13H2,(H,24,27)(H,23,26,28). The first kappa shape index (κ1) is 18.7. The molecule has 2 amide bonds. The number of nitrogens with zero attached hydrogens (tertiary/aromatic N) is 3. The molecule has 0 atom stereocenters. The van der Waals surface area contributed by atoms with Gasteiger partial charge in [-0.15, -0.1) is 11.3 Å². The number of benzene rings is 2. The molecule has 0 bridgehead atoms. The monoisotopic (exact) mass is 403 g/mol. The molecule has 0 saturated heterocycles. The lowest BCUT2D eigenvalue weighted by atomic mass is 10.1. The van der Waals surface area contributed by atoms with Gasteiger partial charge in [-0.2, -0.15) is 0 Å². The highest BCUT2D eigenvalue weighted by molar-refractivity contribution is 7.18. The average molecular weight is 403 g/mol. The van der Waals surface area contributed by atoms with Gasteiger partial charge in [0.25, 0.3) is 0 Å². The molecule has 0 spiro atoms. The van der Waals surface area contributed by atoms with E-state index in [1.165, 1.54) is 29.9 Å². The van der Waals surface area contributed by atoms with Crippen LogP contribution in [-0.2, 0) is 16.0 Å². The van der Waals surface area contributed by atoms with Gasteiger partial charge in [-0.25, -0.2) is 9.97 Å². The lowest BCUT2D eigenvalue weighted by molar-refractivity contribution is -0.123. The van der Waals surface area contributed by atoms with Crippen molar-refractivity contribution in [2.24, 2.45) is 0 Å². The van der Waals surface area contributed by atoms with E-state index in [0.29, 0.717) is 10.8 Å². The third kappa shape index (κ3) is 4.80. The van der Waals surface area contributed by atoms with Gasteiger partial charge in [0.2, 0.25) is 11.8 Å². The van der Waals surface area contributed by atoms with Crippen molar-refractivity contribution in [2.45, 2.75) is 6.42 Å². The molecule has 2 aromatic carbocycles. The topological polar surface area (TPSA) is 96.9 Å². The van der Waals surface area contributed by atoms with E-state index in [2.05, 4.69) is 43.8 Å². The predicted molar refractivity (Wildman–Crippen MR) is 112 cm³/mol. The van der Waals surface area contributed by atoms with Crippen LogP contribution >= 0.6 is 11.3 Å². The second-order valence-electron chi connectivity index (χ2n) is 6.25. The Kier molecular flexibility index (Phi) is 5.53. The molecule has 4 rings (SSSR count). The Hall–Kier alpha value is -3.65. The quantitative estimate of drug-likeness (QED) is 0.516. The Morgan fingerprint density at radius 3 is 2.62 bits per heavy atom. The fourth-order valence-corrected chi connectivity index (χ4v) is 3.79. The SMILES string of the molecule is O=C(Cc1nc2ccc(-c3ccccc3)cc2s1)NCC(=O)Nc1cnccn1. The van der Waals surface area contributed by atoms with E-state index >= 15 is 0 Å². The molecule has 0 saturated carbocycles. The normalized spacial score (nSPS) is 10.6. The fraction of sp³-hybridized carbons (Fsp3) is 0.0952. The van der Waals surface area contributed by atoms with Crippen LogP contribution in [0.25, 0.3) is 21.3 Å². The van der Waals surface area contributed by atoms with Gasteiger partial charge in [-0.1, -0.05) is 36.4 Å². The zero-order valence-corrected chi connectivity index (χ0v) is 16.1. The van der Waals surface area contributed by atoms with Gasteiger partial charge < -0.3 is 10.6 Å². The van der Waals surface area contributed by atoms with Crippen molar-refractivity contribution in [3.05, 3.63) is 72.1 Å². The molecule has 0 fully saturated rings. The highest BCUT2D eigenvalue weighted by Crippen LogP contribution is 2.28. The van der Waals surface area contributed by atoms with Crippen molar-refractivity contribution in [1.29, 1.82) is 0 Å². The molecule has 0 aliphatic carbocycles. The maximum atomic E-state index is 12.2. The average Bonchev–Trinajstić information content (AvgIpc) is 3.15. The Labute approximate surface area is 170 Å². The third-order valence-corrected chi connectivity index (χ3v) is 5.15. The smallest absolute Gasteiger partial charge is 0.244 e. The number of fused-ring (bicyclic) bond motifs is 1. The minimum Gasteiger partial charge on any atom is -0.347 e. The van der Waals surface area contributed by atoms with Gasteiger partial charge in [0.1, 0.15) is 5.01 Å². The summed E-state index contributed by atoms with van der Waals surface area (Å²) in [6.07, 6.45) is 4.55. The summed E-state index contributed by atoms with van der Waals surface area (Å²) in [5.41, 5.74) is 3.10. The number of rotatable bonds is 6. The maximum absolute atomic E-state index is 12.2. The van der Waals surface area contributed by atoms with Crippen molar-refractivity contribution >= 4 is 39.2 Å². The molecule has 0 aliphatic heterocycles. The minimum absolute atomic E-state index is 0.123. The number of carbonyl (C=O) groups excluding carboxylic acids is 2. The van der Waals surface area contributed by atoms with E-state index in [9.17, 15) is 9.59 Å². The number of aromatic nitrogens is 3. The van der Waals surface area contributed by atoms with E-state index in [-0.39, 0.29) is 24.8 Å². The predicted octanol–water partition coefficient (Wildman–Crippen LogP) is 3.05. The van der Waals surface area contributed by atoms with Gasteiger partial charge in [0, 0.05) is 12.4 Å². The molecule has 4 aromatic rings. The lowest BCUT2D eigenvalue weighted by Gasteiger charge is -2.05. The molecule has 2 N–H and O–H groups in total.